The Labute approximate surface area is 172 Å². The fourth-order valence-corrected chi connectivity index (χ4v) is 3.76. The SMILES string of the molecule is CN(C)C(=O)c1cncc(-c2cnc3[nH]cc(-c4ccccc4S)c3c2Cl)c1. The van der Waals surface area contributed by atoms with Gasteiger partial charge in [-0.1, -0.05) is 29.8 Å². The van der Waals surface area contributed by atoms with Crippen molar-refractivity contribution in [2.24, 2.45) is 0 Å². The van der Waals surface area contributed by atoms with Crippen LogP contribution in [0.25, 0.3) is 33.3 Å². The van der Waals surface area contributed by atoms with E-state index < -0.39 is 0 Å². The molecule has 0 radical (unpaired) electrons. The van der Waals surface area contributed by atoms with Crippen LogP contribution in [-0.2, 0) is 0 Å². The number of hydrogen-bond acceptors (Lipinski definition) is 4. The Balaban J connectivity index is 1.90. The second kappa shape index (κ2) is 7.30. The van der Waals surface area contributed by atoms with E-state index >= 15 is 0 Å². The van der Waals surface area contributed by atoms with Crippen LogP contribution in [0.3, 0.4) is 0 Å². The Morgan fingerprint density at radius 1 is 1.11 bits per heavy atom. The number of fused-ring (bicyclic) bond motifs is 1. The highest BCUT2D eigenvalue weighted by Crippen LogP contribution is 2.40. The standard InChI is InChI=1S/C21H17ClN4OS/c1-26(2)21(27)13-7-12(8-23-9-13)15-10-24-20-18(19(15)22)16(11-25-20)14-5-3-4-6-17(14)28/h3-11,28H,1-2H3,(H,24,25). The van der Waals surface area contributed by atoms with Gasteiger partial charge in [-0.3, -0.25) is 9.78 Å². The third-order valence-corrected chi connectivity index (χ3v) is 5.32. The molecule has 0 fully saturated rings. The average Bonchev–Trinajstić information content (AvgIpc) is 3.13. The molecule has 0 saturated heterocycles. The summed E-state index contributed by atoms with van der Waals surface area (Å²) in [6, 6.07) is 9.60. The van der Waals surface area contributed by atoms with Gasteiger partial charge in [-0.25, -0.2) is 4.98 Å². The van der Waals surface area contributed by atoms with Crippen molar-refractivity contribution in [3.63, 3.8) is 0 Å². The van der Waals surface area contributed by atoms with Crippen molar-refractivity contribution in [2.75, 3.05) is 14.1 Å². The van der Waals surface area contributed by atoms with Crippen molar-refractivity contribution in [3.8, 4) is 22.3 Å². The molecule has 1 amide bonds. The third kappa shape index (κ3) is 3.15. The van der Waals surface area contributed by atoms with Crippen LogP contribution in [0.2, 0.25) is 5.02 Å². The summed E-state index contributed by atoms with van der Waals surface area (Å²) in [5.74, 6) is -0.120. The lowest BCUT2D eigenvalue weighted by Gasteiger charge is -2.12. The van der Waals surface area contributed by atoms with Gasteiger partial charge in [-0.15, -0.1) is 12.6 Å². The van der Waals surface area contributed by atoms with Crippen molar-refractivity contribution < 1.29 is 4.79 Å². The molecular formula is C21H17ClN4OS. The summed E-state index contributed by atoms with van der Waals surface area (Å²) in [5.41, 5.74) is 4.52. The van der Waals surface area contributed by atoms with Crippen LogP contribution in [0, 0.1) is 0 Å². The Bertz CT molecular complexity index is 1200. The minimum Gasteiger partial charge on any atom is -0.345 e. The summed E-state index contributed by atoms with van der Waals surface area (Å²) in [5, 5.41) is 1.36. The molecule has 0 aliphatic carbocycles. The molecular weight excluding hydrogens is 392 g/mol. The van der Waals surface area contributed by atoms with Crippen molar-refractivity contribution in [1.29, 1.82) is 0 Å². The number of aromatic nitrogens is 3. The lowest BCUT2D eigenvalue weighted by molar-refractivity contribution is 0.0827. The molecule has 0 bridgehead atoms. The van der Waals surface area contributed by atoms with Crippen LogP contribution in [0.5, 0.6) is 0 Å². The highest BCUT2D eigenvalue weighted by molar-refractivity contribution is 7.80. The number of rotatable bonds is 3. The summed E-state index contributed by atoms with van der Waals surface area (Å²) < 4.78 is 0. The van der Waals surface area contributed by atoms with Crippen molar-refractivity contribution in [1.82, 2.24) is 19.9 Å². The monoisotopic (exact) mass is 408 g/mol. The molecule has 4 rings (SSSR count). The fraction of sp³-hybridized carbons (Fsp3) is 0.0952. The minimum absolute atomic E-state index is 0.120. The van der Waals surface area contributed by atoms with E-state index in [0.717, 1.165) is 27.0 Å². The van der Waals surface area contributed by atoms with Gasteiger partial charge in [0.25, 0.3) is 5.91 Å². The molecule has 5 nitrogen and oxygen atoms in total. The zero-order valence-corrected chi connectivity index (χ0v) is 16.9. The van der Waals surface area contributed by atoms with Crippen LogP contribution in [0.1, 0.15) is 10.4 Å². The Hall–Kier alpha value is -2.83. The number of pyridine rings is 2. The van der Waals surface area contributed by atoms with E-state index in [0.29, 0.717) is 21.8 Å². The number of nitrogens with zero attached hydrogens (tertiary/aromatic N) is 3. The molecule has 140 valence electrons. The van der Waals surface area contributed by atoms with E-state index in [2.05, 4.69) is 27.6 Å². The molecule has 3 aromatic heterocycles. The van der Waals surface area contributed by atoms with E-state index in [-0.39, 0.29) is 5.91 Å². The summed E-state index contributed by atoms with van der Waals surface area (Å²) in [6.07, 6.45) is 6.80. The molecule has 3 heterocycles. The van der Waals surface area contributed by atoms with Gasteiger partial charge in [-0.2, -0.15) is 0 Å². The number of benzene rings is 1. The number of carbonyl (C=O) groups excluding carboxylic acids is 1. The topological polar surface area (TPSA) is 61.9 Å². The van der Waals surface area contributed by atoms with Gasteiger partial charge >= 0.3 is 0 Å². The van der Waals surface area contributed by atoms with Gasteiger partial charge in [0.1, 0.15) is 5.65 Å². The third-order valence-electron chi connectivity index (χ3n) is 4.53. The first-order chi connectivity index (χ1) is 13.5. The molecule has 1 aromatic carbocycles. The first kappa shape index (κ1) is 18.5. The minimum atomic E-state index is -0.120. The average molecular weight is 409 g/mol. The first-order valence-electron chi connectivity index (χ1n) is 8.58. The maximum absolute atomic E-state index is 12.3. The number of carbonyl (C=O) groups is 1. The highest BCUT2D eigenvalue weighted by atomic mass is 35.5. The van der Waals surface area contributed by atoms with Crippen LogP contribution in [0.15, 0.2) is 60.0 Å². The predicted molar refractivity (Wildman–Crippen MR) is 115 cm³/mol. The molecule has 0 aliphatic rings. The van der Waals surface area contributed by atoms with Crippen molar-refractivity contribution >= 4 is 41.2 Å². The van der Waals surface area contributed by atoms with Gasteiger partial charge < -0.3 is 9.88 Å². The number of nitrogens with one attached hydrogen (secondary N) is 1. The predicted octanol–water partition coefficient (Wildman–Crippen LogP) is 4.94. The lowest BCUT2D eigenvalue weighted by atomic mass is 10.0. The quantitative estimate of drug-likeness (QED) is 0.472. The molecule has 28 heavy (non-hydrogen) atoms. The van der Waals surface area contributed by atoms with Crippen LogP contribution < -0.4 is 0 Å². The number of H-pyrrole nitrogens is 1. The van der Waals surface area contributed by atoms with E-state index in [4.69, 9.17) is 11.6 Å². The molecule has 0 atom stereocenters. The van der Waals surface area contributed by atoms with Gasteiger partial charge in [0, 0.05) is 65.9 Å². The second-order valence-corrected chi connectivity index (χ2v) is 7.45. The maximum Gasteiger partial charge on any atom is 0.254 e. The molecule has 0 aliphatic heterocycles. The molecule has 1 N–H and O–H groups in total. The van der Waals surface area contributed by atoms with Crippen LogP contribution in [-0.4, -0.2) is 39.9 Å². The fourth-order valence-electron chi connectivity index (χ4n) is 3.13. The Morgan fingerprint density at radius 2 is 1.89 bits per heavy atom. The van der Waals surface area contributed by atoms with Crippen LogP contribution in [0.4, 0.5) is 0 Å². The first-order valence-corrected chi connectivity index (χ1v) is 9.41. The number of aromatic amines is 1. The lowest BCUT2D eigenvalue weighted by Crippen LogP contribution is -2.21. The Kier molecular flexibility index (Phi) is 4.83. The zero-order chi connectivity index (χ0) is 19.8. The molecule has 0 unspecified atom stereocenters. The normalized spacial score (nSPS) is 11.0. The summed E-state index contributed by atoms with van der Waals surface area (Å²) in [6.45, 7) is 0. The summed E-state index contributed by atoms with van der Waals surface area (Å²) in [4.78, 5) is 26.5. The Morgan fingerprint density at radius 3 is 2.64 bits per heavy atom. The highest BCUT2D eigenvalue weighted by Gasteiger charge is 2.17. The van der Waals surface area contributed by atoms with E-state index in [1.54, 1.807) is 38.8 Å². The van der Waals surface area contributed by atoms with Gasteiger partial charge in [0.05, 0.1) is 10.6 Å². The number of hydrogen-bond donors (Lipinski definition) is 2. The van der Waals surface area contributed by atoms with Gasteiger partial charge in [0.2, 0.25) is 0 Å². The smallest absolute Gasteiger partial charge is 0.254 e. The van der Waals surface area contributed by atoms with Gasteiger partial charge in [0.15, 0.2) is 0 Å². The largest absolute Gasteiger partial charge is 0.345 e. The van der Waals surface area contributed by atoms with E-state index in [1.807, 2.05) is 30.5 Å². The van der Waals surface area contributed by atoms with E-state index in [9.17, 15) is 4.79 Å². The van der Waals surface area contributed by atoms with E-state index in [1.165, 1.54) is 4.90 Å². The zero-order valence-electron chi connectivity index (χ0n) is 15.3. The second-order valence-electron chi connectivity index (χ2n) is 6.59. The summed E-state index contributed by atoms with van der Waals surface area (Å²) in [7, 11) is 3.41. The molecule has 4 aromatic rings. The van der Waals surface area contributed by atoms with Crippen molar-refractivity contribution in [3.05, 3.63) is 65.7 Å². The van der Waals surface area contributed by atoms with Crippen molar-refractivity contribution in [2.45, 2.75) is 4.90 Å². The molecule has 0 saturated carbocycles. The summed E-state index contributed by atoms with van der Waals surface area (Å²) >= 11 is 11.4. The molecule has 7 heteroatoms. The van der Waals surface area contributed by atoms with Crippen LogP contribution >= 0.6 is 24.2 Å². The number of halogens is 1. The number of thiol groups is 1. The molecule has 0 spiro atoms. The van der Waals surface area contributed by atoms with Gasteiger partial charge in [-0.05, 0) is 17.7 Å². The number of amides is 1. The maximum atomic E-state index is 12.3.